The third-order valence-corrected chi connectivity index (χ3v) is 22.9. The fraction of sp³-hybridized carbons (Fsp3) is 0.215. The monoisotopic (exact) mass is 2150 g/mol. The standard InChI is InChI=1S/C49H43Br2Cl2N7O10.C40H24Br2Cl2N6O6.C4H9NO3/c50-40-12-32(4-1-7-36(61)14-42(63)64)46(67-24-30-10-28(16-54)18-56-20-30)59-48(40)69-26-33-5-2-8-38(44(33)52)39-9-3-6-34(45(39)53)27-70-49-41(51)13-35(22-58-23-37(62)15-43(65)66)47(60-49)68-25-31-11-29(17-55)19-57-21-31;41-33-9-29(17-51)37(53-19-25-7-23(11-45)13-47-15-25)49-39(33)55-21-27-3-1-5-31(35(27)43)32-6-2-4-28(36(32)44)22-56-40-34(42)10-30(18-52)38(50-40)54-20-26-8-24(12-46)14-48-16-26;5-2-3(6)1-4(7)8/h2-3,5-6,8-13,18-21,36-37,58,61-62H,1,4,7,14-15,22-27H2,(H,63,64)(H,65,66);1-10,13-18H,19-22H2;3,6H,1-2,5H2,(H,7,8)/t36-,37+;;3-/m1.0/s1. The van der Waals surface area contributed by atoms with Crippen molar-refractivity contribution in [3.8, 4) is 93.6 Å². The van der Waals surface area contributed by atoms with Crippen LogP contribution in [0.1, 0.15) is 131 Å². The van der Waals surface area contributed by atoms with Gasteiger partial charge in [0.25, 0.3) is 0 Å². The van der Waals surface area contributed by atoms with E-state index in [4.69, 9.17) is 121 Å². The first-order chi connectivity index (χ1) is 64.6. The number of nitrogens with one attached hydrogen (secondary N) is 1. The number of hydrogen-bond acceptors (Lipinski definition) is 30. The fourth-order valence-corrected chi connectivity index (χ4v) is 15.3. The molecule has 8 aromatic heterocycles. The van der Waals surface area contributed by atoms with Crippen molar-refractivity contribution < 1.29 is 92.5 Å². The van der Waals surface area contributed by atoms with E-state index in [-0.39, 0.29) is 150 Å². The Morgan fingerprint density at radius 1 is 0.388 bits per heavy atom. The Labute approximate surface area is 819 Å². The number of aldehydes is 2. The lowest BCUT2D eigenvalue weighted by molar-refractivity contribution is -0.140. The highest BCUT2D eigenvalue weighted by Crippen LogP contribution is 2.43. The Bertz CT molecular complexity index is 6060. The second kappa shape index (κ2) is 51.9. The number of aliphatic carboxylic acids is 3. The van der Waals surface area contributed by atoms with Crippen LogP contribution in [0.25, 0.3) is 22.3 Å². The molecule has 0 aliphatic carbocycles. The summed E-state index contributed by atoms with van der Waals surface area (Å²) < 4.78 is 50.2. The van der Waals surface area contributed by atoms with Crippen LogP contribution in [-0.4, -0.2) is 132 Å². The number of halogens is 8. The van der Waals surface area contributed by atoms with Crippen molar-refractivity contribution in [2.45, 2.75) is 116 Å². The fourth-order valence-electron chi connectivity index (χ4n) is 12.4. The molecule has 134 heavy (non-hydrogen) atoms. The van der Waals surface area contributed by atoms with Crippen LogP contribution in [0.4, 0.5) is 0 Å². The number of carboxylic acid groups (broad SMARTS) is 3. The average Bonchev–Trinajstić information content (AvgIpc) is 0.798. The molecule has 0 bridgehead atoms. The van der Waals surface area contributed by atoms with Gasteiger partial charge in [0.1, 0.15) is 77.1 Å². The predicted octanol–water partition coefficient (Wildman–Crippen LogP) is 17.1. The third-order valence-electron chi connectivity index (χ3n) is 18.8. The number of nitriles is 4. The maximum absolute atomic E-state index is 11.8. The van der Waals surface area contributed by atoms with E-state index in [0.29, 0.717) is 164 Å². The van der Waals surface area contributed by atoms with Crippen LogP contribution in [0.5, 0.6) is 47.0 Å². The highest BCUT2D eigenvalue weighted by atomic mass is 79.9. The first-order valence-electron chi connectivity index (χ1n) is 39.9. The lowest BCUT2D eigenvalue weighted by atomic mass is 10.0. The highest BCUT2D eigenvalue weighted by molar-refractivity contribution is 9.11. The summed E-state index contributed by atoms with van der Waals surface area (Å²) in [6.45, 7) is 0.248. The van der Waals surface area contributed by atoms with Crippen molar-refractivity contribution in [1.82, 2.24) is 45.2 Å². The van der Waals surface area contributed by atoms with Crippen LogP contribution in [0.2, 0.25) is 20.1 Å². The van der Waals surface area contributed by atoms with Gasteiger partial charge in [-0.1, -0.05) is 119 Å². The number of carbonyl (C=O) groups excluding carboxylic acids is 2. The summed E-state index contributed by atoms with van der Waals surface area (Å²) in [5, 5.41) is 96.4. The van der Waals surface area contributed by atoms with Crippen molar-refractivity contribution in [2.24, 2.45) is 5.73 Å². The summed E-state index contributed by atoms with van der Waals surface area (Å²) in [7, 11) is 0. The van der Waals surface area contributed by atoms with Gasteiger partial charge in [-0.3, -0.25) is 43.9 Å². The van der Waals surface area contributed by atoms with Gasteiger partial charge in [-0.15, -0.1) is 0 Å². The molecule has 0 spiro atoms. The number of nitrogens with zero attached hydrogens (tertiary/aromatic N) is 12. The van der Waals surface area contributed by atoms with Crippen LogP contribution in [0.15, 0.2) is 189 Å². The zero-order valence-electron chi connectivity index (χ0n) is 70.0. The summed E-state index contributed by atoms with van der Waals surface area (Å²) in [4.78, 5) is 89.8. The highest BCUT2D eigenvalue weighted by Gasteiger charge is 2.25. The quantitative estimate of drug-likeness (QED) is 0.0165. The summed E-state index contributed by atoms with van der Waals surface area (Å²) in [6, 6.07) is 43.1. The van der Waals surface area contributed by atoms with Gasteiger partial charge < -0.3 is 79.6 Å². The topological polar surface area (TPSA) is 517 Å². The van der Waals surface area contributed by atoms with E-state index < -0.39 is 42.6 Å². The number of pyridine rings is 8. The molecule has 0 amide bonds. The maximum atomic E-state index is 11.8. The zero-order valence-corrected chi connectivity index (χ0v) is 79.4. The molecular weight excluding hydrogens is 2080 g/mol. The molecule has 9 N–H and O–H groups in total. The number of benzene rings is 4. The van der Waals surface area contributed by atoms with Gasteiger partial charge in [0.05, 0.1) is 109 Å². The number of aryl methyl sites for hydroxylation is 1. The summed E-state index contributed by atoms with van der Waals surface area (Å²) in [5.74, 6) is -2.05. The number of carbonyl (C=O) groups is 5. The van der Waals surface area contributed by atoms with Gasteiger partial charge in [-0.2, -0.15) is 41.0 Å². The number of aliphatic hydroxyl groups excluding tert-OH is 3. The van der Waals surface area contributed by atoms with Crippen LogP contribution in [-0.2, 0) is 80.2 Å². The van der Waals surface area contributed by atoms with E-state index >= 15 is 0 Å². The van der Waals surface area contributed by atoms with Crippen LogP contribution in [0.3, 0.4) is 0 Å². The van der Waals surface area contributed by atoms with Crippen molar-refractivity contribution in [1.29, 1.82) is 21.0 Å². The lowest BCUT2D eigenvalue weighted by Crippen LogP contribution is -2.28. The van der Waals surface area contributed by atoms with Crippen molar-refractivity contribution >= 4 is 141 Å². The average molecular weight is 2160 g/mol. The van der Waals surface area contributed by atoms with Gasteiger partial charge in [-0.25, -0.2) is 0 Å². The molecule has 0 unspecified atom stereocenters. The smallest absolute Gasteiger partial charge is 0.306 e. The number of carboxylic acids is 3. The Morgan fingerprint density at radius 2 is 0.679 bits per heavy atom. The maximum Gasteiger partial charge on any atom is 0.306 e. The van der Waals surface area contributed by atoms with Gasteiger partial charge >= 0.3 is 17.9 Å². The molecule has 688 valence electrons. The predicted molar refractivity (Wildman–Crippen MR) is 501 cm³/mol. The molecule has 0 fully saturated rings. The number of ether oxygens (including phenoxy) is 8. The first-order valence-corrected chi connectivity index (χ1v) is 44.6. The largest absolute Gasteiger partial charge is 0.481 e. The van der Waals surface area contributed by atoms with Crippen molar-refractivity contribution in [3.05, 3.63) is 298 Å². The molecule has 12 aromatic rings. The van der Waals surface area contributed by atoms with E-state index in [2.05, 4.69) is 115 Å². The minimum absolute atomic E-state index is 0.00116. The molecule has 0 saturated carbocycles. The normalized spacial score (nSPS) is 11.3. The molecule has 0 aliphatic heterocycles. The van der Waals surface area contributed by atoms with Crippen LogP contribution >= 0.6 is 110 Å². The molecule has 33 nitrogen and oxygen atoms in total. The zero-order chi connectivity index (χ0) is 96.3. The van der Waals surface area contributed by atoms with E-state index in [1.807, 2.05) is 66.7 Å². The Balaban J connectivity index is 0.000000261. The third kappa shape index (κ3) is 30.6. The molecule has 3 atom stereocenters. The molecule has 0 radical (unpaired) electrons. The minimum atomic E-state index is -1.13. The number of aromatic nitrogens is 8. The van der Waals surface area contributed by atoms with Gasteiger partial charge in [0.2, 0.25) is 47.0 Å². The Hall–Kier alpha value is -12.9. The molecule has 8 heterocycles. The molecule has 4 aromatic carbocycles. The SMILES string of the molecule is N#Cc1cncc(COc2nc(OCc3cccc(-c4cccc(COc5nc(OCc6cncc(C#N)c6)c(C=O)cc5Br)c4Cl)c3Cl)c(Br)cc2C=O)c1.N#Cc1cncc(COc2nc(OCc3cccc(-c4cccc(COc5nc(OCc6cncc(C#N)c6)c(CNC[C@@H](O)CC(=O)O)cc5Br)c4Cl)c3Cl)c(Br)cc2CCC[C@@H](O)CC(=O)O)c1.NC[C@@H](O)CC(=O)O. The van der Waals surface area contributed by atoms with E-state index in [1.54, 1.807) is 85.5 Å². The number of nitrogens with two attached hydrogens (primary N) is 1. The van der Waals surface area contributed by atoms with Gasteiger partial charge in [-0.05, 0) is 132 Å². The molecule has 0 saturated heterocycles. The summed E-state index contributed by atoms with van der Waals surface area (Å²) >= 11 is 42.0. The molecule has 41 heteroatoms. The second-order valence-electron chi connectivity index (χ2n) is 28.8. The van der Waals surface area contributed by atoms with Gasteiger partial charge in [0.15, 0.2) is 12.6 Å². The number of rotatable bonds is 43. The van der Waals surface area contributed by atoms with Crippen molar-refractivity contribution in [3.63, 3.8) is 0 Å². The summed E-state index contributed by atoms with van der Waals surface area (Å²) in [5.41, 5.74) is 15.5. The van der Waals surface area contributed by atoms with Gasteiger partial charge in [0, 0.05) is 147 Å². The minimum Gasteiger partial charge on any atom is -0.481 e. The van der Waals surface area contributed by atoms with E-state index in [0.717, 1.165) is 0 Å². The molecular formula is C93H76Br4Cl4N14O19. The second-order valence-corrected chi connectivity index (χ2v) is 33.7. The Kier molecular flexibility index (Phi) is 40.0. The molecule has 12 rings (SSSR count). The summed E-state index contributed by atoms with van der Waals surface area (Å²) in [6.07, 6.45) is 10.3. The Morgan fingerprint density at radius 3 is 0.993 bits per heavy atom. The first kappa shape index (κ1) is 103. The number of hydrogen-bond donors (Lipinski definition) is 8. The number of aliphatic hydroxyl groups is 3. The molecule has 0 aliphatic rings. The van der Waals surface area contributed by atoms with Crippen molar-refractivity contribution in [2.75, 3.05) is 13.1 Å². The van der Waals surface area contributed by atoms with Crippen LogP contribution < -0.4 is 48.9 Å². The van der Waals surface area contributed by atoms with Crippen LogP contribution in [0, 0.1) is 45.3 Å². The lowest BCUT2D eigenvalue weighted by Gasteiger charge is -2.17. The van der Waals surface area contributed by atoms with E-state index in [1.165, 1.54) is 36.9 Å². The van der Waals surface area contributed by atoms with E-state index in [9.17, 15) is 44.7 Å².